The highest BCUT2D eigenvalue weighted by Gasteiger charge is 2.28. The van der Waals surface area contributed by atoms with Gasteiger partial charge in [0.15, 0.2) is 0 Å². The number of hydrogen-bond donors (Lipinski definition) is 2. The van der Waals surface area contributed by atoms with Gasteiger partial charge in [-0.3, -0.25) is 9.59 Å². The van der Waals surface area contributed by atoms with Gasteiger partial charge < -0.3 is 20.1 Å². The molecule has 0 saturated carbocycles. The molecule has 27 heavy (non-hydrogen) atoms. The molecule has 0 aliphatic carbocycles. The van der Waals surface area contributed by atoms with E-state index in [1.807, 2.05) is 6.07 Å². The molecule has 8 nitrogen and oxygen atoms in total. The van der Waals surface area contributed by atoms with E-state index in [0.717, 1.165) is 5.56 Å². The molecule has 0 bridgehead atoms. The Labute approximate surface area is 157 Å². The molecule has 1 aliphatic heterocycles. The second-order valence-electron chi connectivity index (χ2n) is 6.14. The van der Waals surface area contributed by atoms with Crippen LogP contribution in [0.15, 0.2) is 36.0 Å². The van der Waals surface area contributed by atoms with Crippen molar-refractivity contribution in [1.29, 1.82) is 5.26 Å². The summed E-state index contributed by atoms with van der Waals surface area (Å²) in [4.78, 5) is 36.3. The van der Waals surface area contributed by atoms with Gasteiger partial charge in [-0.15, -0.1) is 0 Å². The van der Waals surface area contributed by atoms with Gasteiger partial charge in [-0.25, -0.2) is 4.79 Å². The number of esters is 1. The zero-order valence-corrected chi connectivity index (χ0v) is 15.0. The minimum atomic E-state index is -0.849. The number of nitriles is 1. The molecular formula is C19H21N3O5. The van der Waals surface area contributed by atoms with E-state index in [0.29, 0.717) is 38.0 Å². The zero-order chi connectivity index (χ0) is 19.8. The van der Waals surface area contributed by atoms with E-state index in [1.165, 1.54) is 18.2 Å². The lowest BCUT2D eigenvalue weighted by Crippen LogP contribution is -2.41. The smallest absolute Gasteiger partial charge is 0.337 e. The number of amides is 1. The van der Waals surface area contributed by atoms with Crippen LogP contribution in [0.4, 0.5) is 0 Å². The Morgan fingerprint density at radius 3 is 2.44 bits per heavy atom. The number of ether oxygens (including phenoxy) is 1. The SMILES string of the molecule is COC(=O)c1ccc(CN/C=C(/C#N)C(=O)N2CCC(C(=O)O)CC2)cc1. The van der Waals surface area contributed by atoms with Crippen LogP contribution in [0.25, 0.3) is 0 Å². The fourth-order valence-corrected chi connectivity index (χ4v) is 2.79. The van der Waals surface area contributed by atoms with Gasteiger partial charge in [0.05, 0.1) is 18.6 Å². The maximum Gasteiger partial charge on any atom is 0.337 e. The van der Waals surface area contributed by atoms with Crippen molar-refractivity contribution in [3.8, 4) is 6.07 Å². The van der Waals surface area contributed by atoms with Gasteiger partial charge in [0.2, 0.25) is 0 Å². The first-order valence-corrected chi connectivity index (χ1v) is 8.49. The Bertz CT molecular complexity index is 772. The fraction of sp³-hybridized carbons (Fsp3) is 0.368. The van der Waals surface area contributed by atoms with Crippen LogP contribution in [-0.4, -0.2) is 48.1 Å². The molecule has 0 aromatic heterocycles. The van der Waals surface area contributed by atoms with Crippen molar-refractivity contribution >= 4 is 17.8 Å². The van der Waals surface area contributed by atoms with Crippen LogP contribution in [0.5, 0.6) is 0 Å². The molecule has 2 N–H and O–H groups in total. The van der Waals surface area contributed by atoms with E-state index >= 15 is 0 Å². The normalized spacial score (nSPS) is 15.0. The molecule has 0 unspecified atom stereocenters. The molecule has 0 atom stereocenters. The van der Waals surface area contributed by atoms with Crippen molar-refractivity contribution < 1.29 is 24.2 Å². The molecular weight excluding hydrogens is 350 g/mol. The minimum Gasteiger partial charge on any atom is -0.481 e. The molecule has 1 amide bonds. The Morgan fingerprint density at radius 2 is 1.93 bits per heavy atom. The van der Waals surface area contributed by atoms with Crippen molar-refractivity contribution in [1.82, 2.24) is 10.2 Å². The quantitative estimate of drug-likeness (QED) is 0.439. The summed E-state index contributed by atoms with van der Waals surface area (Å²) < 4.78 is 4.63. The molecule has 2 rings (SSSR count). The summed E-state index contributed by atoms with van der Waals surface area (Å²) in [6.07, 6.45) is 2.14. The number of methoxy groups -OCH3 is 1. The molecule has 1 aromatic rings. The Balaban J connectivity index is 1.90. The van der Waals surface area contributed by atoms with Crippen LogP contribution in [0.1, 0.15) is 28.8 Å². The molecule has 1 aromatic carbocycles. The lowest BCUT2D eigenvalue weighted by molar-refractivity contribution is -0.145. The maximum absolute atomic E-state index is 12.4. The third kappa shape index (κ3) is 5.31. The molecule has 1 fully saturated rings. The fourth-order valence-electron chi connectivity index (χ4n) is 2.79. The van der Waals surface area contributed by atoms with Crippen LogP contribution in [-0.2, 0) is 20.9 Å². The van der Waals surface area contributed by atoms with Crippen molar-refractivity contribution in [3.05, 3.63) is 47.2 Å². The standard InChI is InChI=1S/C19H21N3O5/c1-27-19(26)15-4-2-13(3-5-15)11-21-12-16(10-20)17(23)22-8-6-14(7-9-22)18(24)25/h2-5,12,14,21H,6-9,11H2,1H3,(H,24,25)/b16-12-. The van der Waals surface area contributed by atoms with Crippen LogP contribution in [0.2, 0.25) is 0 Å². The van der Waals surface area contributed by atoms with Crippen molar-refractivity contribution in [2.45, 2.75) is 19.4 Å². The summed E-state index contributed by atoms with van der Waals surface area (Å²) in [6, 6.07) is 8.65. The number of carbonyl (C=O) groups is 3. The Kier molecular flexibility index (Phi) is 6.94. The van der Waals surface area contributed by atoms with E-state index in [2.05, 4.69) is 10.1 Å². The highest BCUT2D eigenvalue weighted by Crippen LogP contribution is 2.18. The molecule has 1 heterocycles. The second-order valence-corrected chi connectivity index (χ2v) is 6.14. The largest absolute Gasteiger partial charge is 0.481 e. The van der Waals surface area contributed by atoms with Crippen LogP contribution in [0, 0.1) is 17.2 Å². The van der Waals surface area contributed by atoms with E-state index in [1.54, 1.807) is 24.3 Å². The third-order valence-electron chi connectivity index (χ3n) is 4.41. The summed E-state index contributed by atoms with van der Waals surface area (Å²) >= 11 is 0. The van der Waals surface area contributed by atoms with E-state index in [-0.39, 0.29) is 5.57 Å². The lowest BCUT2D eigenvalue weighted by atomic mass is 9.97. The number of nitrogens with one attached hydrogen (secondary N) is 1. The van der Waals surface area contributed by atoms with Gasteiger partial charge >= 0.3 is 11.9 Å². The number of piperidine rings is 1. The number of aliphatic carboxylic acids is 1. The van der Waals surface area contributed by atoms with Gasteiger partial charge in [0.1, 0.15) is 11.6 Å². The van der Waals surface area contributed by atoms with Crippen LogP contribution in [0.3, 0.4) is 0 Å². The van der Waals surface area contributed by atoms with E-state index < -0.39 is 23.8 Å². The van der Waals surface area contributed by atoms with Gasteiger partial charge in [-0.2, -0.15) is 5.26 Å². The average Bonchev–Trinajstić information content (AvgIpc) is 2.70. The third-order valence-corrected chi connectivity index (χ3v) is 4.41. The maximum atomic E-state index is 12.4. The molecule has 1 aliphatic rings. The first-order chi connectivity index (χ1) is 13.0. The molecule has 142 valence electrons. The van der Waals surface area contributed by atoms with Gasteiger partial charge in [-0.05, 0) is 30.5 Å². The number of carbonyl (C=O) groups excluding carboxylic acids is 2. The molecule has 0 radical (unpaired) electrons. The molecule has 1 saturated heterocycles. The number of carboxylic acids is 1. The number of likely N-dealkylation sites (tertiary alicyclic amines) is 1. The van der Waals surface area contributed by atoms with Gasteiger partial charge in [0.25, 0.3) is 5.91 Å². The Morgan fingerprint density at radius 1 is 1.30 bits per heavy atom. The molecule has 8 heteroatoms. The first kappa shape index (κ1) is 20.0. The van der Waals surface area contributed by atoms with Crippen molar-refractivity contribution in [3.63, 3.8) is 0 Å². The summed E-state index contributed by atoms with van der Waals surface area (Å²) in [5, 5.41) is 21.2. The van der Waals surface area contributed by atoms with Crippen molar-refractivity contribution in [2.75, 3.05) is 20.2 Å². The van der Waals surface area contributed by atoms with Crippen LogP contribution >= 0.6 is 0 Å². The summed E-state index contributed by atoms with van der Waals surface area (Å²) in [5.41, 5.74) is 1.27. The number of nitrogens with zero attached hydrogens (tertiary/aromatic N) is 2. The number of rotatable bonds is 6. The summed E-state index contributed by atoms with van der Waals surface area (Å²) in [6.45, 7) is 1.02. The summed E-state index contributed by atoms with van der Waals surface area (Å²) in [5.74, 6) is -2.11. The van der Waals surface area contributed by atoms with Crippen LogP contribution < -0.4 is 5.32 Å². The Hall–Kier alpha value is -3.34. The zero-order valence-electron chi connectivity index (χ0n) is 15.0. The van der Waals surface area contributed by atoms with E-state index in [4.69, 9.17) is 5.11 Å². The number of hydrogen-bond acceptors (Lipinski definition) is 6. The number of benzene rings is 1. The average molecular weight is 371 g/mol. The molecule has 0 spiro atoms. The minimum absolute atomic E-state index is 0.0324. The van der Waals surface area contributed by atoms with E-state index in [9.17, 15) is 19.6 Å². The summed E-state index contributed by atoms with van der Waals surface area (Å²) in [7, 11) is 1.31. The van der Waals surface area contributed by atoms with Gasteiger partial charge in [-0.1, -0.05) is 12.1 Å². The van der Waals surface area contributed by atoms with Crippen molar-refractivity contribution in [2.24, 2.45) is 5.92 Å². The number of carboxylic acid groups (broad SMARTS) is 1. The second kappa shape index (κ2) is 9.38. The lowest BCUT2D eigenvalue weighted by Gasteiger charge is -2.29. The predicted molar refractivity (Wildman–Crippen MR) is 95.3 cm³/mol. The first-order valence-electron chi connectivity index (χ1n) is 8.49. The predicted octanol–water partition coefficient (Wildman–Crippen LogP) is 1.29. The van der Waals surface area contributed by atoms with Gasteiger partial charge in [0, 0.05) is 25.8 Å². The topological polar surface area (TPSA) is 120 Å². The highest BCUT2D eigenvalue weighted by molar-refractivity contribution is 5.97. The highest BCUT2D eigenvalue weighted by atomic mass is 16.5. The monoisotopic (exact) mass is 371 g/mol.